The third-order valence-electron chi connectivity index (χ3n) is 3.55. The predicted molar refractivity (Wildman–Crippen MR) is 85.1 cm³/mol. The molecule has 1 unspecified atom stereocenters. The summed E-state index contributed by atoms with van der Waals surface area (Å²) in [5.74, 6) is 0. The van der Waals surface area contributed by atoms with Crippen molar-refractivity contribution < 1.29 is 9.90 Å². The van der Waals surface area contributed by atoms with Crippen molar-refractivity contribution in [2.24, 2.45) is 0 Å². The minimum absolute atomic E-state index is 0.330. The largest absolute Gasteiger partial charge is 0.465 e. The van der Waals surface area contributed by atoms with E-state index in [-0.39, 0.29) is 0 Å². The van der Waals surface area contributed by atoms with Crippen molar-refractivity contribution in [1.82, 2.24) is 10.2 Å². The van der Waals surface area contributed by atoms with Gasteiger partial charge in [-0.25, -0.2) is 4.79 Å². The van der Waals surface area contributed by atoms with Gasteiger partial charge in [-0.05, 0) is 30.5 Å². The summed E-state index contributed by atoms with van der Waals surface area (Å²) in [5.41, 5.74) is 1.11. The summed E-state index contributed by atoms with van der Waals surface area (Å²) < 4.78 is 0. The first-order valence-corrected chi connectivity index (χ1v) is 7.61. The highest BCUT2D eigenvalue weighted by Crippen LogP contribution is 2.25. The molecule has 0 aromatic heterocycles. The van der Waals surface area contributed by atoms with Crippen LogP contribution in [0.3, 0.4) is 0 Å². The molecule has 2 rings (SSSR count). The first-order chi connectivity index (χ1) is 10.1. The summed E-state index contributed by atoms with van der Waals surface area (Å²) >= 11 is 12.0. The van der Waals surface area contributed by atoms with Crippen molar-refractivity contribution >= 4 is 29.3 Å². The van der Waals surface area contributed by atoms with Crippen LogP contribution in [-0.2, 0) is 6.54 Å². The van der Waals surface area contributed by atoms with E-state index in [0.717, 1.165) is 31.5 Å². The molecule has 1 aliphatic rings. The standard InChI is InChI=1S/C15H18Cl2N2O2/c16-13-5-4-11(9-14(13)17)10-19-8-2-1-3-12(19)6-7-18-15(20)21/h1-2,4-5,9,12,18H,3,6-8,10H2,(H,20,21). The highest BCUT2D eigenvalue weighted by molar-refractivity contribution is 6.42. The molecular weight excluding hydrogens is 311 g/mol. The molecular formula is C15H18Cl2N2O2. The maximum absolute atomic E-state index is 10.5. The molecule has 0 saturated carbocycles. The van der Waals surface area contributed by atoms with Crippen LogP contribution >= 0.6 is 23.2 Å². The van der Waals surface area contributed by atoms with E-state index in [2.05, 4.69) is 22.4 Å². The van der Waals surface area contributed by atoms with Crippen LogP contribution in [0.2, 0.25) is 10.0 Å². The van der Waals surface area contributed by atoms with Crippen LogP contribution in [0.15, 0.2) is 30.4 Å². The number of amides is 1. The third-order valence-corrected chi connectivity index (χ3v) is 4.29. The Morgan fingerprint density at radius 3 is 2.86 bits per heavy atom. The van der Waals surface area contributed by atoms with E-state index in [4.69, 9.17) is 28.3 Å². The third kappa shape index (κ3) is 4.92. The Hall–Kier alpha value is -1.23. The van der Waals surface area contributed by atoms with E-state index in [1.165, 1.54) is 0 Å². The minimum Gasteiger partial charge on any atom is -0.465 e. The van der Waals surface area contributed by atoms with Crippen molar-refractivity contribution in [2.45, 2.75) is 25.4 Å². The maximum Gasteiger partial charge on any atom is 0.404 e. The van der Waals surface area contributed by atoms with Crippen LogP contribution in [0.5, 0.6) is 0 Å². The van der Waals surface area contributed by atoms with E-state index >= 15 is 0 Å². The van der Waals surface area contributed by atoms with E-state index < -0.39 is 6.09 Å². The van der Waals surface area contributed by atoms with Gasteiger partial charge in [0.25, 0.3) is 0 Å². The molecule has 4 nitrogen and oxygen atoms in total. The Balaban J connectivity index is 1.96. The molecule has 2 N–H and O–H groups in total. The molecule has 0 aliphatic carbocycles. The number of nitrogens with zero attached hydrogens (tertiary/aromatic N) is 1. The molecule has 1 aromatic rings. The number of hydrogen-bond acceptors (Lipinski definition) is 2. The minimum atomic E-state index is -0.975. The molecule has 6 heteroatoms. The molecule has 1 atom stereocenters. The number of hydrogen-bond donors (Lipinski definition) is 2. The van der Waals surface area contributed by atoms with Crippen LogP contribution in [0.4, 0.5) is 4.79 Å². The van der Waals surface area contributed by atoms with Gasteiger partial charge in [-0.1, -0.05) is 41.4 Å². The Labute approximate surface area is 134 Å². The fraction of sp³-hybridized carbons (Fsp3) is 0.400. The van der Waals surface area contributed by atoms with Crippen LogP contribution < -0.4 is 5.32 Å². The van der Waals surface area contributed by atoms with Gasteiger partial charge in [0, 0.05) is 25.7 Å². The maximum atomic E-state index is 10.5. The lowest BCUT2D eigenvalue weighted by atomic mass is 10.0. The SMILES string of the molecule is O=C(O)NCCC1CC=CCN1Cc1ccc(Cl)c(Cl)c1. The predicted octanol–water partition coefficient (Wildman–Crippen LogP) is 3.78. The highest BCUT2D eigenvalue weighted by atomic mass is 35.5. The van der Waals surface area contributed by atoms with Crippen molar-refractivity contribution in [3.05, 3.63) is 46.0 Å². The quantitative estimate of drug-likeness (QED) is 0.808. The van der Waals surface area contributed by atoms with E-state index in [9.17, 15) is 4.79 Å². The first-order valence-electron chi connectivity index (χ1n) is 6.86. The lowest BCUT2D eigenvalue weighted by Crippen LogP contribution is -2.39. The zero-order valence-corrected chi connectivity index (χ0v) is 13.1. The second-order valence-corrected chi connectivity index (χ2v) is 5.87. The summed E-state index contributed by atoms with van der Waals surface area (Å²) in [5, 5.41) is 12.2. The van der Waals surface area contributed by atoms with Crippen LogP contribution in [0.25, 0.3) is 0 Å². The molecule has 0 fully saturated rings. The molecule has 0 radical (unpaired) electrons. The van der Waals surface area contributed by atoms with E-state index in [1.807, 2.05) is 12.1 Å². The zero-order valence-electron chi connectivity index (χ0n) is 11.6. The van der Waals surface area contributed by atoms with Crippen molar-refractivity contribution in [2.75, 3.05) is 13.1 Å². The highest BCUT2D eigenvalue weighted by Gasteiger charge is 2.19. The van der Waals surface area contributed by atoms with E-state index in [1.54, 1.807) is 6.07 Å². The fourth-order valence-corrected chi connectivity index (χ4v) is 2.79. The van der Waals surface area contributed by atoms with E-state index in [0.29, 0.717) is 22.6 Å². The van der Waals surface area contributed by atoms with Gasteiger partial charge in [0.05, 0.1) is 10.0 Å². The number of carboxylic acid groups (broad SMARTS) is 1. The molecule has 1 aliphatic heterocycles. The Bertz CT molecular complexity index is 534. The number of carbonyl (C=O) groups is 1. The molecule has 0 spiro atoms. The van der Waals surface area contributed by atoms with Gasteiger partial charge < -0.3 is 10.4 Å². The van der Waals surface area contributed by atoms with Gasteiger partial charge in [0.1, 0.15) is 0 Å². The summed E-state index contributed by atoms with van der Waals surface area (Å²) in [4.78, 5) is 12.8. The summed E-state index contributed by atoms with van der Waals surface area (Å²) in [6, 6.07) is 5.99. The Morgan fingerprint density at radius 1 is 1.33 bits per heavy atom. The average Bonchev–Trinajstić information content (AvgIpc) is 2.44. The van der Waals surface area contributed by atoms with Crippen molar-refractivity contribution in [3.8, 4) is 0 Å². The monoisotopic (exact) mass is 328 g/mol. The average molecular weight is 329 g/mol. The zero-order chi connectivity index (χ0) is 15.2. The number of benzene rings is 1. The molecule has 0 saturated heterocycles. The molecule has 1 amide bonds. The van der Waals surface area contributed by atoms with Crippen LogP contribution in [0, 0.1) is 0 Å². The van der Waals surface area contributed by atoms with Gasteiger partial charge in [-0.3, -0.25) is 4.90 Å². The Morgan fingerprint density at radius 2 is 2.14 bits per heavy atom. The first kappa shape index (κ1) is 16.1. The Kier molecular flexibility index (Phi) is 5.91. The number of nitrogens with one attached hydrogen (secondary N) is 1. The summed E-state index contributed by atoms with van der Waals surface area (Å²) in [6.07, 6.45) is 5.04. The molecule has 21 heavy (non-hydrogen) atoms. The number of rotatable bonds is 5. The van der Waals surface area contributed by atoms with Crippen LogP contribution in [-0.4, -0.2) is 35.2 Å². The van der Waals surface area contributed by atoms with Gasteiger partial charge in [0.2, 0.25) is 0 Å². The van der Waals surface area contributed by atoms with Gasteiger partial charge >= 0.3 is 6.09 Å². The molecule has 1 heterocycles. The lowest BCUT2D eigenvalue weighted by molar-refractivity contribution is 0.178. The summed E-state index contributed by atoms with van der Waals surface area (Å²) in [7, 11) is 0. The second-order valence-electron chi connectivity index (χ2n) is 5.06. The van der Waals surface area contributed by atoms with Crippen molar-refractivity contribution in [3.63, 3.8) is 0 Å². The van der Waals surface area contributed by atoms with Gasteiger partial charge in [-0.15, -0.1) is 0 Å². The van der Waals surface area contributed by atoms with Gasteiger partial charge in [-0.2, -0.15) is 0 Å². The lowest BCUT2D eigenvalue weighted by Gasteiger charge is -2.33. The second kappa shape index (κ2) is 7.69. The summed E-state index contributed by atoms with van der Waals surface area (Å²) in [6.45, 7) is 2.10. The van der Waals surface area contributed by atoms with Crippen LogP contribution in [0.1, 0.15) is 18.4 Å². The number of halogens is 2. The van der Waals surface area contributed by atoms with Gasteiger partial charge in [0.15, 0.2) is 0 Å². The smallest absolute Gasteiger partial charge is 0.404 e. The normalized spacial score (nSPS) is 18.7. The molecule has 114 valence electrons. The topological polar surface area (TPSA) is 52.6 Å². The molecule has 1 aromatic carbocycles. The molecule has 0 bridgehead atoms. The van der Waals surface area contributed by atoms with Crippen molar-refractivity contribution in [1.29, 1.82) is 0 Å². The fourth-order valence-electron chi connectivity index (χ4n) is 2.47.